The second kappa shape index (κ2) is 7.83. The second-order valence-corrected chi connectivity index (χ2v) is 6.21. The van der Waals surface area contributed by atoms with E-state index in [1.807, 2.05) is 12.1 Å². The molecule has 5 nitrogen and oxygen atoms in total. The normalized spacial score (nSPS) is 15.8. The molecule has 0 bridgehead atoms. The third kappa shape index (κ3) is 4.59. The second-order valence-electron chi connectivity index (χ2n) is 6.21. The molecular formula is C20H22N2O3. The molecule has 0 saturated carbocycles. The first-order chi connectivity index (χ1) is 12.1. The minimum Gasteiger partial charge on any atom is -0.484 e. The molecule has 0 aliphatic heterocycles. The summed E-state index contributed by atoms with van der Waals surface area (Å²) in [6.45, 7) is 1.43. The van der Waals surface area contributed by atoms with E-state index in [1.54, 1.807) is 24.3 Å². The van der Waals surface area contributed by atoms with Gasteiger partial charge in [-0.15, -0.1) is 0 Å². The van der Waals surface area contributed by atoms with Gasteiger partial charge in [0.1, 0.15) is 5.75 Å². The molecule has 0 fully saturated rings. The minimum absolute atomic E-state index is 0.0296. The number of ether oxygens (including phenoxy) is 1. The summed E-state index contributed by atoms with van der Waals surface area (Å²) in [6, 6.07) is 15.3. The van der Waals surface area contributed by atoms with Gasteiger partial charge >= 0.3 is 0 Å². The monoisotopic (exact) mass is 338 g/mol. The molecule has 2 N–H and O–H groups in total. The molecule has 0 saturated heterocycles. The number of anilines is 1. The molecule has 2 aromatic carbocycles. The highest BCUT2D eigenvalue weighted by Gasteiger charge is 2.21. The highest BCUT2D eigenvalue weighted by Crippen LogP contribution is 2.29. The van der Waals surface area contributed by atoms with Crippen molar-refractivity contribution in [2.24, 2.45) is 0 Å². The summed E-state index contributed by atoms with van der Waals surface area (Å²) in [5, 5.41) is 5.75. The number of aryl methyl sites for hydroxylation is 1. The zero-order valence-electron chi connectivity index (χ0n) is 14.2. The number of amides is 2. The van der Waals surface area contributed by atoms with Crippen molar-refractivity contribution in [1.82, 2.24) is 5.32 Å². The maximum Gasteiger partial charge on any atom is 0.258 e. The SMILES string of the molecule is CC(=O)Nc1ccc(OCC(=O)N[C@@H]2CCCc3ccccc32)cc1. The molecule has 1 aliphatic rings. The van der Waals surface area contributed by atoms with Crippen LogP contribution in [0.1, 0.15) is 36.9 Å². The van der Waals surface area contributed by atoms with Crippen molar-refractivity contribution >= 4 is 17.5 Å². The maximum absolute atomic E-state index is 12.2. The molecule has 1 atom stereocenters. The van der Waals surface area contributed by atoms with E-state index in [0.29, 0.717) is 11.4 Å². The minimum atomic E-state index is -0.132. The van der Waals surface area contributed by atoms with E-state index >= 15 is 0 Å². The predicted molar refractivity (Wildman–Crippen MR) is 96.5 cm³/mol. The molecule has 0 aromatic heterocycles. The maximum atomic E-state index is 12.2. The number of carbonyl (C=O) groups is 2. The van der Waals surface area contributed by atoms with Crippen LogP contribution in [0.4, 0.5) is 5.69 Å². The van der Waals surface area contributed by atoms with Crippen molar-refractivity contribution in [1.29, 1.82) is 0 Å². The number of carbonyl (C=O) groups excluding carboxylic acids is 2. The zero-order valence-corrected chi connectivity index (χ0v) is 14.2. The molecule has 0 spiro atoms. The number of rotatable bonds is 5. The average molecular weight is 338 g/mol. The predicted octanol–water partition coefficient (Wildman–Crippen LogP) is 3.22. The molecule has 0 heterocycles. The molecule has 130 valence electrons. The molecule has 3 rings (SSSR count). The quantitative estimate of drug-likeness (QED) is 0.879. The highest BCUT2D eigenvalue weighted by atomic mass is 16.5. The fraction of sp³-hybridized carbons (Fsp3) is 0.300. The lowest BCUT2D eigenvalue weighted by Gasteiger charge is -2.26. The Kier molecular flexibility index (Phi) is 5.33. The van der Waals surface area contributed by atoms with E-state index < -0.39 is 0 Å². The third-order valence-electron chi connectivity index (χ3n) is 4.25. The van der Waals surface area contributed by atoms with Gasteiger partial charge in [-0.1, -0.05) is 24.3 Å². The van der Waals surface area contributed by atoms with Crippen LogP contribution < -0.4 is 15.4 Å². The molecule has 5 heteroatoms. The highest BCUT2D eigenvalue weighted by molar-refractivity contribution is 5.88. The van der Waals surface area contributed by atoms with Gasteiger partial charge in [0.15, 0.2) is 6.61 Å². The van der Waals surface area contributed by atoms with E-state index in [0.717, 1.165) is 19.3 Å². The van der Waals surface area contributed by atoms with E-state index in [1.165, 1.54) is 18.1 Å². The Bertz CT molecular complexity index is 756. The molecular weight excluding hydrogens is 316 g/mol. The number of nitrogens with one attached hydrogen (secondary N) is 2. The number of fused-ring (bicyclic) bond motifs is 1. The summed E-state index contributed by atoms with van der Waals surface area (Å²) < 4.78 is 5.53. The average Bonchev–Trinajstić information content (AvgIpc) is 2.61. The molecule has 0 unspecified atom stereocenters. The van der Waals surface area contributed by atoms with Crippen molar-refractivity contribution in [2.45, 2.75) is 32.2 Å². The van der Waals surface area contributed by atoms with Crippen LogP contribution in [0, 0.1) is 0 Å². The Morgan fingerprint density at radius 2 is 1.88 bits per heavy atom. The van der Waals surface area contributed by atoms with Gasteiger partial charge in [-0.05, 0) is 54.7 Å². The van der Waals surface area contributed by atoms with Crippen molar-refractivity contribution in [3.8, 4) is 5.75 Å². The molecule has 2 aromatic rings. The van der Waals surface area contributed by atoms with E-state index in [-0.39, 0.29) is 24.5 Å². The Hall–Kier alpha value is -2.82. The summed E-state index contributed by atoms with van der Waals surface area (Å²) in [5.41, 5.74) is 3.22. The summed E-state index contributed by atoms with van der Waals surface area (Å²) in [6.07, 6.45) is 3.10. The third-order valence-corrected chi connectivity index (χ3v) is 4.25. The van der Waals surface area contributed by atoms with Crippen LogP contribution in [-0.4, -0.2) is 18.4 Å². The zero-order chi connectivity index (χ0) is 17.6. The van der Waals surface area contributed by atoms with Gasteiger partial charge in [0, 0.05) is 12.6 Å². The molecule has 2 amide bonds. The smallest absolute Gasteiger partial charge is 0.258 e. The van der Waals surface area contributed by atoms with Crippen LogP contribution in [-0.2, 0) is 16.0 Å². The van der Waals surface area contributed by atoms with Gasteiger partial charge in [0.25, 0.3) is 5.91 Å². The van der Waals surface area contributed by atoms with E-state index in [2.05, 4.69) is 22.8 Å². The topological polar surface area (TPSA) is 67.4 Å². The number of benzene rings is 2. The first kappa shape index (κ1) is 17.0. The van der Waals surface area contributed by atoms with Crippen molar-refractivity contribution in [3.05, 3.63) is 59.7 Å². The molecule has 1 aliphatic carbocycles. The van der Waals surface area contributed by atoms with Gasteiger partial charge in [-0.3, -0.25) is 9.59 Å². The van der Waals surface area contributed by atoms with Gasteiger partial charge in [-0.2, -0.15) is 0 Å². The summed E-state index contributed by atoms with van der Waals surface area (Å²) >= 11 is 0. The molecule has 25 heavy (non-hydrogen) atoms. The Labute approximate surface area is 147 Å². The lowest BCUT2D eigenvalue weighted by atomic mass is 9.88. The van der Waals surface area contributed by atoms with Crippen LogP contribution in [0.5, 0.6) is 5.75 Å². The van der Waals surface area contributed by atoms with E-state index in [4.69, 9.17) is 4.74 Å². The van der Waals surface area contributed by atoms with Crippen molar-refractivity contribution < 1.29 is 14.3 Å². The van der Waals surface area contributed by atoms with Gasteiger partial charge < -0.3 is 15.4 Å². The largest absolute Gasteiger partial charge is 0.484 e. The Morgan fingerprint density at radius 1 is 1.12 bits per heavy atom. The van der Waals surface area contributed by atoms with E-state index in [9.17, 15) is 9.59 Å². The fourth-order valence-electron chi connectivity index (χ4n) is 3.13. The lowest BCUT2D eigenvalue weighted by molar-refractivity contribution is -0.124. The van der Waals surface area contributed by atoms with Gasteiger partial charge in [0.2, 0.25) is 5.91 Å². The first-order valence-corrected chi connectivity index (χ1v) is 8.49. The first-order valence-electron chi connectivity index (χ1n) is 8.49. The summed E-state index contributed by atoms with van der Waals surface area (Å²) in [5.74, 6) is 0.335. The Balaban J connectivity index is 1.53. The number of hydrogen-bond donors (Lipinski definition) is 2. The summed E-state index contributed by atoms with van der Waals surface area (Å²) in [4.78, 5) is 23.2. The van der Waals surface area contributed by atoms with Crippen LogP contribution in [0.15, 0.2) is 48.5 Å². The summed E-state index contributed by atoms with van der Waals surface area (Å²) in [7, 11) is 0. The Morgan fingerprint density at radius 3 is 2.64 bits per heavy atom. The van der Waals surface area contributed by atoms with Crippen LogP contribution in [0.3, 0.4) is 0 Å². The fourth-order valence-corrected chi connectivity index (χ4v) is 3.13. The van der Waals surface area contributed by atoms with Crippen LogP contribution in [0.25, 0.3) is 0 Å². The van der Waals surface area contributed by atoms with Crippen LogP contribution >= 0.6 is 0 Å². The molecule has 0 radical (unpaired) electrons. The standard InChI is InChI=1S/C20H22N2O3/c1-14(23)21-16-9-11-17(12-10-16)25-13-20(24)22-19-8-4-6-15-5-2-3-7-18(15)19/h2-3,5,7,9-12,19H,4,6,8,13H2,1H3,(H,21,23)(H,22,24)/t19-/m1/s1. The van der Waals surface area contributed by atoms with Gasteiger partial charge in [-0.25, -0.2) is 0 Å². The number of hydrogen-bond acceptors (Lipinski definition) is 3. The van der Waals surface area contributed by atoms with Crippen molar-refractivity contribution in [3.63, 3.8) is 0 Å². The van der Waals surface area contributed by atoms with Gasteiger partial charge in [0.05, 0.1) is 6.04 Å². The lowest BCUT2D eigenvalue weighted by Crippen LogP contribution is -2.34. The van der Waals surface area contributed by atoms with Crippen molar-refractivity contribution in [2.75, 3.05) is 11.9 Å². The van der Waals surface area contributed by atoms with Crippen LogP contribution in [0.2, 0.25) is 0 Å².